The van der Waals surface area contributed by atoms with Gasteiger partial charge in [-0.15, -0.1) is 0 Å². The van der Waals surface area contributed by atoms with Crippen molar-refractivity contribution in [3.05, 3.63) is 65.6 Å². The van der Waals surface area contributed by atoms with E-state index in [0.717, 1.165) is 99.5 Å². The maximum atomic E-state index is 13.3. The quantitative estimate of drug-likeness (QED) is 0.243. The maximum absolute atomic E-state index is 13.3. The van der Waals surface area contributed by atoms with Gasteiger partial charge in [0.1, 0.15) is 23.2 Å². The lowest BCUT2D eigenvalue weighted by molar-refractivity contribution is -0.136. The molecule has 1 saturated carbocycles. The number of anilines is 4. The summed E-state index contributed by atoms with van der Waals surface area (Å²) in [7, 11) is 3.56. The van der Waals surface area contributed by atoms with Crippen molar-refractivity contribution in [2.75, 3.05) is 75.0 Å². The molecule has 0 spiro atoms. The first kappa shape index (κ1) is 35.2. The van der Waals surface area contributed by atoms with Crippen molar-refractivity contribution in [3.63, 3.8) is 0 Å². The van der Waals surface area contributed by atoms with Gasteiger partial charge < -0.3 is 29.5 Å². The molecular weight excluding hydrogens is 699 g/mol. The number of pyridine rings is 1. The van der Waals surface area contributed by atoms with Gasteiger partial charge in [0.05, 0.1) is 11.9 Å². The zero-order valence-corrected chi connectivity index (χ0v) is 31.4. The molecule has 4 amide bonds. The lowest BCUT2D eigenvalue weighted by atomic mass is 9.96. The van der Waals surface area contributed by atoms with E-state index in [1.807, 2.05) is 30.5 Å². The van der Waals surface area contributed by atoms with Crippen molar-refractivity contribution in [1.82, 2.24) is 39.5 Å². The average Bonchev–Trinajstić information content (AvgIpc) is 3.91. The number of fused-ring (bicyclic) bond motifs is 2. The molecule has 1 atom stereocenters. The monoisotopic (exact) mass is 745 g/mol. The van der Waals surface area contributed by atoms with Crippen LogP contribution in [0.25, 0.3) is 11.0 Å². The van der Waals surface area contributed by atoms with Gasteiger partial charge in [-0.1, -0.05) is 18.9 Å². The number of piperidine rings is 1. The third-order valence-electron chi connectivity index (χ3n) is 12.0. The number of imide groups is 1. The number of rotatable bonds is 9. The first-order valence-corrected chi connectivity index (χ1v) is 19.5. The number of amides is 4. The van der Waals surface area contributed by atoms with Crippen molar-refractivity contribution < 1.29 is 19.2 Å². The third-order valence-corrected chi connectivity index (χ3v) is 12.0. The second-order valence-corrected chi connectivity index (χ2v) is 15.8. The zero-order valence-electron chi connectivity index (χ0n) is 31.4. The summed E-state index contributed by atoms with van der Waals surface area (Å²) in [5, 5.41) is 6.53. The van der Waals surface area contributed by atoms with E-state index < -0.39 is 6.04 Å². The lowest BCUT2D eigenvalue weighted by Gasteiger charge is -2.45. The minimum atomic E-state index is -0.606. The lowest BCUT2D eigenvalue weighted by Crippen LogP contribution is -2.55. The van der Waals surface area contributed by atoms with Gasteiger partial charge >= 0.3 is 0 Å². The van der Waals surface area contributed by atoms with E-state index in [-0.39, 0.29) is 36.1 Å². The van der Waals surface area contributed by atoms with Gasteiger partial charge in [-0.05, 0) is 49.6 Å². The van der Waals surface area contributed by atoms with Crippen LogP contribution >= 0.6 is 0 Å². The molecule has 15 nitrogen and oxygen atoms in total. The predicted octanol–water partition coefficient (Wildman–Crippen LogP) is 3.41. The number of aromatic nitrogens is 4. The molecule has 4 aliphatic heterocycles. The number of carbonyl (C=O) groups is 4. The largest absolute Gasteiger partial charge is 0.370 e. The highest BCUT2D eigenvalue weighted by Gasteiger charge is 2.41. The number of nitrogens with zero attached hydrogens (tertiary/aromatic N) is 9. The van der Waals surface area contributed by atoms with Gasteiger partial charge in [0, 0.05) is 113 Å². The summed E-state index contributed by atoms with van der Waals surface area (Å²) in [6, 6.07) is 11.5. The molecule has 286 valence electrons. The van der Waals surface area contributed by atoms with Crippen LogP contribution in [0.2, 0.25) is 0 Å². The normalized spacial score (nSPS) is 20.9. The number of hydrogen-bond donors (Lipinski definition) is 2. The van der Waals surface area contributed by atoms with Gasteiger partial charge in [0.15, 0.2) is 0 Å². The van der Waals surface area contributed by atoms with Crippen molar-refractivity contribution in [1.29, 1.82) is 0 Å². The molecule has 1 unspecified atom stereocenters. The van der Waals surface area contributed by atoms with E-state index in [1.165, 1.54) is 0 Å². The molecule has 7 heterocycles. The summed E-state index contributed by atoms with van der Waals surface area (Å²) >= 11 is 0. The Labute approximate surface area is 319 Å². The van der Waals surface area contributed by atoms with Gasteiger partial charge in [-0.25, -0.2) is 9.97 Å². The zero-order chi connectivity index (χ0) is 37.8. The molecule has 1 aromatic carbocycles. The molecule has 0 bridgehead atoms. The maximum Gasteiger partial charge on any atom is 0.270 e. The average molecular weight is 746 g/mol. The molecule has 3 aromatic heterocycles. The topological polar surface area (TPSA) is 152 Å². The number of nitrogens with one attached hydrogen (secondary N) is 2. The third kappa shape index (κ3) is 6.64. The molecule has 9 rings (SSSR count). The molecule has 55 heavy (non-hydrogen) atoms. The number of piperazine rings is 1. The van der Waals surface area contributed by atoms with Gasteiger partial charge in [0.2, 0.25) is 17.8 Å². The van der Waals surface area contributed by atoms with E-state index in [4.69, 9.17) is 9.97 Å². The summed E-state index contributed by atoms with van der Waals surface area (Å²) in [5.74, 6) is 0.844. The number of hydrogen-bond acceptors (Lipinski definition) is 11. The first-order chi connectivity index (χ1) is 26.7. The van der Waals surface area contributed by atoms with Crippen LogP contribution in [0.4, 0.5) is 23.1 Å². The Hall–Kier alpha value is -5.57. The molecule has 1 aliphatic carbocycles. The summed E-state index contributed by atoms with van der Waals surface area (Å²) in [6.07, 6.45) is 8.68. The van der Waals surface area contributed by atoms with Crippen LogP contribution in [0, 0.1) is 5.92 Å². The van der Waals surface area contributed by atoms with Gasteiger partial charge in [-0.2, -0.15) is 4.98 Å². The Balaban J connectivity index is 0.777. The highest BCUT2D eigenvalue weighted by Crippen LogP contribution is 2.38. The van der Waals surface area contributed by atoms with Crippen LogP contribution in [-0.2, 0) is 16.1 Å². The van der Waals surface area contributed by atoms with Crippen molar-refractivity contribution >= 4 is 57.8 Å². The van der Waals surface area contributed by atoms with Crippen LogP contribution < -0.4 is 20.4 Å². The SMILES string of the molecule is CN(C)C(=O)c1cc2cnc(Nc3ccc(N4CCN(CC5CN(c6cccc7c6CN(C6CCC(=O)NC6=O)C7=O)C5)CC4)cn3)nc2n1C1CCCC1. The molecule has 5 aliphatic rings. The second kappa shape index (κ2) is 14.3. The number of benzene rings is 1. The molecule has 0 radical (unpaired) electrons. The Morgan fingerprint density at radius 2 is 1.75 bits per heavy atom. The smallest absolute Gasteiger partial charge is 0.270 e. The highest BCUT2D eigenvalue weighted by atomic mass is 16.2. The standard InChI is InChI=1S/C40H47N11O4/c1-46(2)39(55)33-18-26-19-42-40(45-36(26)51(33)27-6-3-4-7-27)43-34-12-10-28(20-41-34)48-16-14-47(15-17-48)21-25-22-49(23-25)31-9-5-8-29-30(31)24-50(38(29)54)32-11-13-35(52)44-37(32)53/h5,8-10,12,18-20,25,27,32H,3-4,6-7,11,13-17,21-24H2,1-2H3,(H,44,52,53)(H,41,42,43,45). The van der Waals surface area contributed by atoms with E-state index in [1.54, 1.807) is 30.1 Å². The first-order valence-electron chi connectivity index (χ1n) is 19.5. The van der Waals surface area contributed by atoms with Crippen molar-refractivity contribution in [3.8, 4) is 0 Å². The Morgan fingerprint density at radius 1 is 0.945 bits per heavy atom. The predicted molar refractivity (Wildman–Crippen MR) is 207 cm³/mol. The summed E-state index contributed by atoms with van der Waals surface area (Å²) in [5.41, 5.74) is 5.23. The summed E-state index contributed by atoms with van der Waals surface area (Å²) in [4.78, 5) is 75.2. The van der Waals surface area contributed by atoms with Gasteiger partial charge in [-0.3, -0.25) is 29.4 Å². The van der Waals surface area contributed by atoms with E-state index in [2.05, 4.69) is 47.0 Å². The fourth-order valence-electron chi connectivity index (χ4n) is 9.06. The van der Waals surface area contributed by atoms with E-state index >= 15 is 0 Å². The van der Waals surface area contributed by atoms with Crippen LogP contribution in [0.5, 0.6) is 0 Å². The Morgan fingerprint density at radius 3 is 2.47 bits per heavy atom. The van der Waals surface area contributed by atoms with Gasteiger partial charge in [0.25, 0.3) is 11.8 Å². The Kier molecular flexibility index (Phi) is 9.11. The fourth-order valence-corrected chi connectivity index (χ4v) is 9.06. The molecule has 2 N–H and O–H groups in total. The van der Waals surface area contributed by atoms with Crippen molar-refractivity contribution in [2.24, 2.45) is 5.92 Å². The van der Waals surface area contributed by atoms with E-state index in [9.17, 15) is 19.2 Å². The van der Waals surface area contributed by atoms with Crippen molar-refractivity contribution in [2.45, 2.75) is 57.2 Å². The Bertz CT molecular complexity index is 2150. The fraction of sp³-hybridized carbons (Fsp3) is 0.475. The molecule has 4 aromatic rings. The minimum Gasteiger partial charge on any atom is -0.370 e. The second-order valence-electron chi connectivity index (χ2n) is 15.8. The van der Waals surface area contributed by atoms with Crippen LogP contribution in [-0.4, -0.2) is 124 Å². The molecule has 3 saturated heterocycles. The van der Waals surface area contributed by atoms with Crippen LogP contribution in [0.3, 0.4) is 0 Å². The summed E-state index contributed by atoms with van der Waals surface area (Å²) < 4.78 is 2.12. The molecule has 15 heteroatoms. The van der Waals surface area contributed by atoms with E-state index in [0.29, 0.717) is 41.9 Å². The highest BCUT2D eigenvalue weighted by molar-refractivity contribution is 6.06. The summed E-state index contributed by atoms with van der Waals surface area (Å²) in [6.45, 7) is 7.06. The molecule has 4 fully saturated rings. The van der Waals surface area contributed by atoms with Crippen LogP contribution in [0.1, 0.15) is 71.0 Å². The van der Waals surface area contributed by atoms with Crippen LogP contribution in [0.15, 0.2) is 48.8 Å². The molecular formula is C40H47N11O4. The number of carbonyl (C=O) groups excluding carboxylic acids is 4. The minimum absolute atomic E-state index is 0.0273.